The monoisotopic (exact) mass is 182 g/mol. The molecule has 70 valence electrons. The molecule has 5 N–H and O–H groups in total. The maximum atomic E-state index is 12.7. The van der Waals surface area contributed by atoms with E-state index in [2.05, 4.69) is 10.4 Å². The van der Waals surface area contributed by atoms with Gasteiger partial charge >= 0.3 is 0 Å². The highest BCUT2D eigenvalue weighted by Crippen LogP contribution is 2.04. The number of nitrogens with zero attached hydrogens (tertiary/aromatic N) is 1. The topological polar surface area (TPSA) is 76.4 Å². The summed E-state index contributed by atoms with van der Waals surface area (Å²) < 4.78 is 12.7. The summed E-state index contributed by atoms with van der Waals surface area (Å²) in [6.45, 7) is 0.313. The molecule has 0 fully saturated rings. The molecule has 0 aliphatic heterocycles. The highest BCUT2D eigenvalue weighted by atomic mass is 19.1. The SMILES string of the molecule is NNC(N)=NCc1cccc(F)c1. The average molecular weight is 182 g/mol. The van der Waals surface area contributed by atoms with E-state index in [4.69, 9.17) is 11.6 Å². The van der Waals surface area contributed by atoms with Crippen molar-refractivity contribution in [3.8, 4) is 0 Å². The second kappa shape index (κ2) is 4.42. The number of hydrogen-bond donors (Lipinski definition) is 3. The third-order valence-corrected chi connectivity index (χ3v) is 1.47. The molecule has 0 unspecified atom stereocenters. The van der Waals surface area contributed by atoms with Gasteiger partial charge in [0.05, 0.1) is 6.54 Å². The van der Waals surface area contributed by atoms with Gasteiger partial charge in [0, 0.05) is 0 Å². The van der Waals surface area contributed by atoms with Crippen molar-refractivity contribution >= 4 is 5.96 Å². The van der Waals surface area contributed by atoms with Gasteiger partial charge in [0.25, 0.3) is 0 Å². The number of aliphatic imine (C=N–C) groups is 1. The first-order chi connectivity index (χ1) is 6.22. The van der Waals surface area contributed by atoms with Crippen molar-refractivity contribution in [3.05, 3.63) is 35.6 Å². The molecule has 1 aromatic carbocycles. The third-order valence-electron chi connectivity index (χ3n) is 1.47. The zero-order valence-electron chi connectivity index (χ0n) is 7.00. The fourth-order valence-electron chi connectivity index (χ4n) is 0.857. The first-order valence-electron chi connectivity index (χ1n) is 3.73. The number of benzene rings is 1. The standard InChI is InChI=1S/C8H11FN4/c9-7-3-1-2-6(4-7)5-12-8(10)13-11/h1-4H,5,11H2,(H3,10,12,13). The number of nitrogens with one attached hydrogen (secondary N) is 1. The van der Waals surface area contributed by atoms with Crippen molar-refractivity contribution in [3.63, 3.8) is 0 Å². The lowest BCUT2D eigenvalue weighted by Crippen LogP contribution is -2.37. The maximum absolute atomic E-state index is 12.7. The molecule has 0 radical (unpaired) electrons. The predicted octanol–water partition coefficient (Wildman–Crippen LogP) is 0.104. The van der Waals surface area contributed by atoms with Crippen molar-refractivity contribution < 1.29 is 4.39 Å². The van der Waals surface area contributed by atoms with Crippen LogP contribution >= 0.6 is 0 Å². The molecule has 0 saturated carbocycles. The van der Waals surface area contributed by atoms with Gasteiger partial charge in [-0.15, -0.1) is 0 Å². The second-order valence-electron chi connectivity index (χ2n) is 2.48. The maximum Gasteiger partial charge on any atom is 0.203 e. The molecule has 0 spiro atoms. The minimum absolute atomic E-state index is 0.129. The summed E-state index contributed by atoms with van der Waals surface area (Å²) in [6.07, 6.45) is 0. The Balaban J connectivity index is 2.64. The van der Waals surface area contributed by atoms with Crippen LogP contribution in [0.3, 0.4) is 0 Å². The lowest BCUT2D eigenvalue weighted by Gasteiger charge is -1.99. The van der Waals surface area contributed by atoms with E-state index < -0.39 is 0 Å². The van der Waals surface area contributed by atoms with Gasteiger partial charge in [-0.05, 0) is 17.7 Å². The molecule has 1 rings (SSSR count). The molecular formula is C8H11FN4. The number of guanidine groups is 1. The first-order valence-corrected chi connectivity index (χ1v) is 3.73. The fourth-order valence-corrected chi connectivity index (χ4v) is 0.857. The lowest BCUT2D eigenvalue weighted by atomic mass is 10.2. The Morgan fingerprint density at radius 1 is 1.54 bits per heavy atom. The number of rotatable bonds is 2. The number of hydrogen-bond acceptors (Lipinski definition) is 2. The van der Waals surface area contributed by atoms with Crippen LogP contribution in [-0.4, -0.2) is 5.96 Å². The van der Waals surface area contributed by atoms with Crippen molar-refractivity contribution in [2.75, 3.05) is 0 Å². The van der Waals surface area contributed by atoms with Crippen LogP contribution in [0.2, 0.25) is 0 Å². The average Bonchev–Trinajstić information content (AvgIpc) is 2.14. The number of hydrazine groups is 1. The van der Waals surface area contributed by atoms with Crippen molar-refractivity contribution in [1.82, 2.24) is 5.43 Å². The molecule has 0 aromatic heterocycles. The van der Waals surface area contributed by atoms with Crippen molar-refractivity contribution in [2.45, 2.75) is 6.54 Å². The highest BCUT2D eigenvalue weighted by molar-refractivity contribution is 5.77. The molecular weight excluding hydrogens is 171 g/mol. The van der Waals surface area contributed by atoms with Gasteiger partial charge in [-0.2, -0.15) is 0 Å². The van der Waals surface area contributed by atoms with E-state index >= 15 is 0 Å². The Labute approximate surface area is 75.4 Å². The second-order valence-corrected chi connectivity index (χ2v) is 2.48. The van der Waals surface area contributed by atoms with E-state index in [0.29, 0.717) is 6.54 Å². The van der Waals surface area contributed by atoms with Crippen molar-refractivity contribution in [1.29, 1.82) is 0 Å². The Kier molecular flexibility index (Phi) is 3.22. The van der Waals surface area contributed by atoms with E-state index in [9.17, 15) is 4.39 Å². The van der Waals surface area contributed by atoms with E-state index in [1.807, 2.05) is 0 Å². The van der Waals surface area contributed by atoms with E-state index in [1.54, 1.807) is 12.1 Å². The van der Waals surface area contributed by atoms with Crippen LogP contribution < -0.4 is 17.0 Å². The summed E-state index contributed by atoms with van der Waals surface area (Å²) in [6, 6.07) is 6.15. The highest BCUT2D eigenvalue weighted by Gasteiger charge is 1.93. The third kappa shape index (κ3) is 3.08. The van der Waals surface area contributed by atoms with Gasteiger partial charge in [-0.3, -0.25) is 5.43 Å². The van der Waals surface area contributed by atoms with Gasteiger partial charge in [-0.1, -0.05) is 12.1 Å². The predicted molar refractivity (Wildman–Crippen MR) is 49.0 cm³/mol. The summed E-state index contributed by atoms with van der Waals surface area (Å²) >= 11 is 0. The molecule has 13 heavy (non-hydrogen) atoms. The smallest absolute Gasteiger partial charge is 0.203 e. The van der Waals surface area contributed by atoms with Crippen molar-refractivity contribution in [2.24, 2.45) is 16.6 Å². The number of halogens is 1. The minimum atomic E-state index is -0.285. The molecule has 0 amide bonds. The summed E-state index contributed by atoms with van der Waals surface area (Å²) in [5, 5.41) is 0. The van der Waals surface area contributed by atoms with Crippen LogP contribution in [-0.2, 0) is 6.54 Å². The van der Waals surface area contributed by atoms with Crippen LogP contribution in [0.4, 0.5) is 4.39 Å². The Bertz CT molecular complexity index is 311. The summed E-state index contributed by atoms with van der Waals surface area (Å²) in [7, 11) is 0. The molecule has 0 bridgehead atoms. The summed E-state index contributed by atoms with van der Waals surface area (Å²) in [5.41, 5.74) is 8.21. The van der Waals surface area contributed by atoms with Crippen LogP contribution in [0.15, 0.2) is 29.3 Å². The molecule has 0 atom stereocenters. The van der Waals surface area contributed by atoms with E-state index in [1.165, 1.54) is 12.1 Å². The van der Waals surface area contributed by atoms with Crippen LogP contribution in [0.1, 0.15) is 5.56 Å². The Hall–Kier alpha value is -1.62. The van der Waals surface area contributed by atoms with Crippen LogP contribution in [0.25, 0.3) is 0 Å². The van der Waals surface area contributed by atoms with Crippen LogP contribution in [0, 0.1) is 5.82 Å². The van der Waals surface area contributed by atoms with Gasteiger partial charge in [0.2, 0.25) is 5.96 Å². The van der Waals surface area contributed by atoms with Gasteiger partial charge in [0.1, 0.15) is 5.82 Å². The largest absolute Gasteiger partial charge is 0.369 e. The molecule has 0 saturated heterocycles. The number of nitrogens with two attached hydrogens (primary N) is 2. The molecule has 0 aliphatic carbocycles. The lowest BCUT2D eigenvalue weighted by molar-refractivity contribution is 0.625. The van der Waals surface area contributed by atoms with Crippen LogP contribution in [0.5, 0.6) is 0 Å². The van der Waals surface area contributed by atoms with E-state index in [-0.39, 0.29) is 11.8 Å². The zero-order valence-corrected chi connectivity index (χ0v) is 7.00. The molecule has 0 heterocycles. The Morgan fingerprint density at radius 3 is 2.92 bits per heavy atom. The molecule has 0 aliphatic rings. The molecule has 4 nitrogen and oxygen atoms in total. The van der Waals surface area contributed by atoms with E-state index in [0.717, 1.165) is 5.56 Å². The summed E-state index contributed by atoms with van der Waals surface area (Å²) in [5.74, 6) is 4.83. The van der Waals surface area contributed by atoms with Gasteiger partial charge in [-0.25, -0.2) is 15.2 Å². The molecule has 5 heteroatoms. The summed E-state index contributed by atoms with van der Waals surface area (Å²) in [4.78, 5) is 3.85. The normalized spacial score (nSPS) is 11.4. The molecule has 1 aromatic rings. The van der Waals surface area contributed by atoms with Gasteiger partial charge in [0.15, 0.2) is 0 Å². The first kappa shape index (κ1) is 9.47. The van der Waals surface area contributed by atoms with Gasteiger partial charge < -0.3 is 5.73 Å². The Morgan fingerprint density at radius 2 is 2.31 bits per heavy atom. The zero-order chi connectivity index (χ0) is 9.68. The minimum Gasteiger partial charge on any atom is -0.369 e. The fraction of sp³-hybridized carbons (Fsp3) is 0.125. The quantitative estimate of drug-likeness (QED) is 0.263.